The average molecular weight is 364 g/mol. The van der Waals surface area contributed by atoms with Crippen molar-refractivity contribution in [2.75, 3.05) is 21.3 Å². The van der Waals surface area contributed by atoms with Gasteiger partial charge in [0, 0.05) is 17.7 Å². The Labute approximate surface area is 157 Å². The maximum Gasteiger partial charge on any atom is 0.341 e. The van der Waals surface area contributed by atoms with Crippen LogP contribution in [0.15, 0.2) is 54.9 Å². The number of hydrogen-bond donors (Lipinski definition) is 0. The zero-order valence-corrected chi connectivity index (χ0v) is 15.4. The number of benzene rings is 2. The van der Waals surface area contributed by atoms with Crippen LogP contribution in [0.5, 0.6) is 11.5 Å². The summed E-state index contributed by atoms with van der Waals surface area (Å²) in [7, 11) is 4.50. The number of rotatable bonds is 6. The van der Waals surface area contributed by atoms with Crippen molar-refractivity contribution in [1.29, 1.82) is 0 Å². The van der Waals surface area contributed by atoms with Gasteiger partial charge in [0.25, 0.3) is 0 Å². The molecule has 0 aliphatic carbocycles. The lowest BCUT2D eigenvalue weighted by atomic mass is 10.0. The van der Waals surface area contributed by atoms with E-state index in [4.69, 9.17) is 14.2 Å². The summed E-state index contributed by atoms with van der Waals surface area (Å²) in [6, 6.07) is 15.0. The summed E-state index contributed by atoms with van der Waals surface area (Å²) < 4.78 is 15.5. The van der Waals surface area contributed by atoms with E-state index in [1.807, 2.05) is 36.4 Å². The molecule has 27 heavy (non-hydrogen) atoms. The second-order valence-electron chi connectivity index (χ2n) is 5.80. The lowest BCUT2D eigenvalue weighted by molar-refractivity contribution is 0.0597. The SMILES string of the molecule is COC(=O)c1cc(Cc2cc(-c3ccccc3OC)ncn2)ccc1OC. The minimum Gasteiger partial charge on any atom is -0.496 e. The molecule has 0 bridgehead atoms. The van der Waals surface area contributed by atoms with Gasteiger partial charge in [-0.05, 0) is 35.9 Å². The zero-order chi connectivity index (χ0) is 19.2. The predicted octanol–water partition coefficient (Wildman–Crippen LogP) is 3.54. The molecule has 3 aromatic rings. The van der Waals surface area contributed by atoms with E-state index in [9.17, 15) is 4.79 Å². The maximum atomic E-state index is 12.0. The highest BCUT2D eigenvalue weighted by Gasteiger charge is 2.14. The molecule has 0 unspecified atom stereocenters. The van der Waals surface area contributed by atoms with Gasteiger partial charge < -0.3 is 14.2 Å². The number of carbonyl (C=O) groups excluding carboxylic acids is 1. The number of carbonyl (C=O) groups is 1. The van der Waals surface area contributed by atoms with Gasteiger partial charge in [0.2, 0.25) is 0 Å². The number of ether oxygens (including phenoxy) is 3. The van der Waals surface area contributed by atoms with E-state index in [-0.39, 0.29) is 0 Å². The monoisotopic (exact) mass is 364 g/mol. The predicted molar refractivity (Wildman–Crippen MR) is 101 cm³/mol. The largest absolute Gasteiger partial charge is 0.496 e. The van der Waals surface area contributed by atoms with E-state index in [0.29, 0.717) is 17.7 Å². The molecule has 1 heterocycles. The van der Waals surface area contributed by atoms with Crippen LogP contribution < -0.4 is 9.47 Å². The van der Waals surface area contributed by atoms with Crippen LogP contribution in [0.1, 0.15) is 21.6 Å². The molecule has 6 heteroatoms. The molecule has 0 saturated carbocycles. The van der Waals surface area contributed by atoms with Crippen LogP contribution in [0.2, 0.25) is 0 Å². The number of aromatic nitrogens is 2. The lowest BCUT2D eigenvalue weighted by Gasteiger charge is -2.10. The molecule has 0 atom stereocenters. The summed E-state index contributed by atoms with van der Waals surface area (Å²) in [5.41, 5.74) is 3.80. The van der Waals surface area contributed by atoms with Crippen LogP contribution in [0.4, 0.5) is 0 Å². The molecule has 0 radical (unpaired) electrons. The van der Waals surface area contributed by atoms with Gasteiger partial charge in [0.1, 0.15) is 23.4 Å². The summed E-state index contributed by atoms with van der Waals surface area (Å²) in [6.07, 6.45) is 2.07. The summed E-state index contributed by atoms with van der Waals surface area (Å²) in [5.74, 6) is 0.786. The van der Waals surface area contributed by atoms with Crippen LogP contribution in [0.25, 0.3) is 11.3 Å². The summed E-state index contributed by atoms with van der Waals surface area (Å²) in [4.78, 5) is 20.7. The van der Waals surface area contributed by atoms with Gasteiger partial charge in [-0.3, -0.25) is 0 Å². The third kappa shape index (κ3) is 4.06. The molecule has 6 nitrogen and oxygen atoms in total. The van der Waals surface area contributed by atoms with Gasteiger partial charge in [-0.1, -0.05) is 18.2 Å². The fourth-order valence-electron chi connectivity index (χ4n) is 2.84. The Bertz CT molecular complexity index is 956. The van der Waals surface area contributed by atoms with Crippen LogP contribution in [0.3, 0.4) is 0 Å². The summed E-state index contributed by atoms with van der Waals surface area (Å²) in [5, 5.41) is 0. The molecule has 0 aliphatic heterocycles. The fourth-order valence-corrected chi connectivity index (χ4v) is 2.84. The highest BCUT2D eigenvalue weighted by atomic mass is 16.5. The van der Waals surface area contributed by atoms with Crippen molar-refractivity contribution in [3.63, 3.8) is 0 Å². The van der Waals surface area contributed by atoms with Crippen molar-refractivity contribution in [1.82, 2.24) is 9.97 Å². The van der Waals surface area contributed by atoms with Gasteiger partial charge in [-0.15, -0.1) is 0 Å². The number of hydrogen-bond acceptors (Lipinski definition) is 6. The molecular weight excluding hydrogens is 344 g/mol. The topological polar surface area (TPSA) is 70.5 Å². The van der Waals surface area contributed by atoms with Crippen molar-refractivity contribution in [2.45, 2.75) is 6.42 Å². The smallest absolute Gasteiger partial charge is 0.341 e. The van der Waals surface area contributed by atoms with Crippen LogP contribution >= 0.6 is 0 Å². The molecule has 0 amide bonds. The summed E-state index contributed by atoms with van der Waals surface area (Å²) in [6.45, 7) is 0. The Kier molecular flexibility index (Phi) is 5.66. The van der Waals surface area contributed by atoms with Gasteiger partial charge in [-0.2, -0.15) is 0 Å². The molecule has 138 valence electrons. The van der Waals surface area contributed by atoms with Crippen molar-refractivity contribution in [2.24, 2.45) is 0 Å². The first kappa shape index (κ1) is 18.4. The molecule has 1 aromatic heterocycles. The third-order valence-electron chi connectivity index (χ3n) is 4.16. The van der Waals surface area contributed by atoms with Gasteiger partial charge in [0.15, 0.2) is 0 Å². The molecule has 0 fully saturated rings. The zero-order valence-electron chi connectivity index (χ0n) is 15.4. The molecule has 2 aromatic carbocycles. The Hall–Kier alpha value is -3.41. The number of nitrogens with zero attached hydrogens (tertiary/aromatic N) is 2. The Morgan fingerprint density at radius 1 is 0.926 bits per heavy atom. The van der Waals surface area contributed by atoms with Crippen LogP contribution in [-0.4, -0.2) is 37.3 Å². The normalized spacial score (nSPS) is 10.3. The van der Waals surface area contributed by atoms with Crippen molar-refractivity contribution >= 4 is 5.97 Å². The van der Waals surface area contributed by atoms with E-state index >= 15 is 0 Å². The Balaban J connectivity index is 1.92. The second-order valence-corrected chi connectivity index (χ2v) is 5.80. The second kappa shape index (κ2) is 8.31. The quantitative estimate of drug-likeness (QED) is 0.623. The van der Waals surface area contributed by atoms with Crippen molar-refractivity contribution in [3.05, 3.63) is 71.7 Å². The Morgan fingerprint density at radius 3 is 2.44 bits per heavy atom. The number of para-hydroxylation sites is 1. The van der Waals surface area contributed by atoms with E-state index in [1.54, 1.807) is 19.2 Å². The van der Waals surface area contributed by atoms with Crippen LogP contribution in [-0.2, 0) is 11.2 Å². The van der Waals surface area contributed by atoms with E-state index in [0.717, 1.165) is 28.3 Å². The molecule has 3 rings (SSSR count). The first-order chi connectivity index (χ1) is 13.2. The molecular formula is C21H20N2O4. The lowest BCUT2D eigenvalue weighted by Crippen LogP contribution is -2.05. The highest BCUT2D eigenvalue weighted by Crippen LogP contribution is 2.28. The fraction of sp³-hybridized carbons (Fsp3) is 0.190. The van der Waals surface area contributed by atoms with E-state index in [2.05, 4.69) is 9.97 Å². The Morgan fingerprint density at radius 2 is 1.70 bits per heavy atom. The highest BCUT2D eigenvalue weighted by molar-refractivity contribution is 5.92. The van der Waals surface area contributed by atoms with E-state index in [1.165, 1.54) is 20.5 Å². The number of esters is 1. The van der Waals surface area contributed by atoms with Gasteiger partial charge in [0.05, 0.1) is 27.0 Å². The average Bonchev–Trinajstić information content (AvgIpc) is 2.73. The molecule has 0 N–H and O–H groups in total. The molecule has 0 saturated heterocycles. The number of methoxy groups -OCH3 is 3. The minimum atomic E-state index is -0.439. The standard InChI is InChI=1S/C21H20N2O4/c1-25-19-7-5-4-6-16(19)18-12-15(22-13-23-18)10-14-8-9-20(26-2)17(11-14)21(24)27-3/h4-9,11-13H,10H2,1-3H3. The van der Waals surface area contributed by atoms with Gasteiger partial charge in [-0.25, -0.2) is 14.8 Å². The minimum absolute atomic E-state index is 0.386. The maximum absolute atomic E-state index is 12.0. The molecule has 0 spiro atoms. The van der Waals surface area contributed by atoms with Crippen LogP contribution in [0, 0.1) is 0 Å². The van der Waals surface area contributed by atoms with Gasteiger partial charge >= 0.3 is 5.97 Å². The van der Waals surface area contributed by atoms with Crippen molar-refractivity contribution in [3.8, 4) is 22.8 Å². The molecule has 0 aliphatic rings. The first-order valence-corrected chi connectivity index (χ1v) is 8.35. The van der Waals surface area contributed by atoms with E-state index < -0.39 is 5.97 Å². The third-order valence-corrected chi connectivity index (χ3v) is 4.16. The summed E-state index contributed by atoms with van der Waals surface area (Å²) >= 11 is 0. The first-order valence-electron chi connectivity index (χ1n) is 8.35. The van der Waals surface area contributed by atoms with Crippen molar-refractivity contribution < 1.29 is 19.0 Å².